The van der Waals surface area contributed by atoms with E-state index in [1.165, 1.54) is 44.9 Å². The van der Waals surface area contributed by atoms with Crippen LogP contribution in [0.25, 0.3) is 0 Å². The summed E-state index contributed by atoms with van der Waals surface area (Å²) in [5, 5.41) is 0. The molecule has 1 heteroatoms. The number of fused-ring (bicyclic) bond motifs is 3. The average molecular weight is 189 g/mol. The molecular weight excluding hydrogens is 170 g/mol. The van der Waals surface area contributed by atoms with Gasteiger partial charge in [-0.15, -0.1) is 0 Å². The summed E-state index contributed by atoms with van der Waals surface area (Å²) in [6.45, 7) is 2.38. The Kier molecular flexibility index (Phi) is 1.93. The molecule has 1 N–H and O–H groups in total. The van der Waals surface area contributed by atoms with Crippen molar-refractivity contribution in [3.63, 3.8) is 0 Å². The molecule has 0 aromatic carbocycles. The van der Waals surface area contributed by atoms with Crippen molar-refractivity contribution in [2.24, 2.45) is 5.92 Å². The number of aromatic nitrogens is 1. The highest BCUT2D eigenvalue weighted by molar-refractivity contribution is 5.40. The highest BCUT2D eigenvalue weighted by atomic mass is 14.8. The topological polar surface area (TPSA) is 15.8 Å². The summed E-state index contributed by atoms with van der Waals surface area (Å²) in [6, 6.07) is 0. The largest absolute Gasteiger partial charge is 0.362 e. The predicted octanol–water partition coefficient (Wildman–Crippen LogP) is 3.02. The maximum absolute atomic E-state index is 3.68. The van der Waals surface area contributed by atoms with E-state index >= 15 is 0 Å². The Morgan fingerprint density at radius 3 is 2.71 bits per heavy atom. The lowest BCUT2D eigenvalue weighted by molar-refractivity contribution is 0.494. The lowest BCUT2D eigenvalue weighted by Crippen LogP contribution is -2.11. The molecule has 2 aliphatic carbocycles. The predicted molar refractivity (Wildman–Crippen MR) is 58.6 cm³/mol. The van der Waals surface area contributed by atoms with Crippen molar-refractivity contribution in [1.29, 1.82) is 0 Å². The van der Waals surface area contributed by atoms with Crippen LogP contribution in [0.1, 0.15) is 48.7 Å². The molecule has 1 aromatic rings. The Hall–Kier alpha value is -0.720. The molecule has 0 spiro atoms. The number of rotatable bonds is 0. The van der Waals surface area contributed by atoms with Crippen LogP contribution in [0.4, 0.5) is 0 Å². The van der Waals surface area contributed by atoms with Gasteiger partial charge in [-0.3, -0.25) is 0 Å². The van der Waals surface area contributed by atoms with Crippen molar-refractivity contribution in [3.8, 4) is 0 Å². The maximum Gasteiger partial charge on any atom is 0.0187 e. The standard InChI is InChI=1S/C13H19N/c1-9-6-7-11-10-4-2-3-5-12(10)14-13(11)8-9/h9,14H,2-8H2,1H3. The van der Waals surface area contributed by atoms with Gasteiger partial charge in [-0.25, -0.2) is 0 Å². The fraction of sp³-hybridized carbons (Fsp3) is 0.692. The van der Waals surface area contributed by atoms with Gasteiger partial charge in [0, 0.05) is 11.4 Å². The molecule has 0 saturated carbocycles. The molecule has 0 bridgehead atoms. The SMILES string of the molecule is CC1CCc2c([nH]c3c2CCCC3)C1. The normalized spacial score (nSPS) is 25.6. The molecule has 1 nitrogen and oxygen atoms in total. The van der Waals surface area contributed by atoms with Crippen molar-refractivity contribution >= 4 is 0 Å². The minimum atomic E-state index is 0.891. The van der Waals surface area contributed by atoms with Crippen LogP contribution >= 0.6 is 0 Å². The molecule has 0 aliphatic heterocycles. The van der Waals surface area contributed by atoms with Crippen LogP contribution in [-0.4, -0.2) is 4.98 Å². The summed E-state index contributed by atoms with van der Waals surface area (Å²) < 4.78 is 0. The van der Waals surface area contributed by atoms with E-state index in [2.05, 4.69) is 11.9 Å². The third-order valence-electron chi connectivity index (χ3n) is 3.94. The Morgan fingerprint density at radius 1 is 1.00 bits per heavy atom. The highest BCUT2D eigenvalue weighted by Crippen LogP contribution is 2.33. The fourth-order valence-electron chi connectivity index (χ4n) is 3.13. The van der Waals surface area contributed by atoms with E-state index in [4.69, 9.17) is 0 Å². The van der Waals surface area contributed by atoms with Gasteiger partial charge in [-0.2, -0.15) is 0 Å². The van der Waals surface area contributed by atoms with Crippen LogP contribution in [0.15, 0.2) is 0 Å². The van der Waals surface area contributed by atoms with E-state index in [1.54, 1.807) is 22.5 Å². The van der Waals surface area contributed by atoms with Gasteiger partial charge in [-0.05, 0) is 62.0 Å². The Labute approximate surface area is 85.9 Å². The van der Waals surface area contributed by atoms with E-state index in [9.17, 15) is 0 Å². The van der Waals surface area contributed by atoms with E-state index in [0.717, 1.165) is 5.92 Å². The molecule has 3 rings (SSSR count). The maximum atomic E-state index is 3.68. The first-order valence-corrected chi connectivity index (χ1v) is 6.06. The first kappa shape index (κ1) is 8.58. The fourth-order valence-corrected chi connectivity index (χ4v) is 3.13. The van der Waals surface area contributed by atoms with Gasteiger partial charge in [0.25, 0.3) is 0 Å². The second-order valence-electron chi connectivity index (χ2n) is 5.09. The summed E-state index contributed by atoms with van der Waals surface area (Å²) in [7, 11) is 0. The van der Waals surface area contributed by atoms with E-state index in [1.807, 2.05) is 0 Å². The van der Waals surface area contributed by atoms with Gasteiger partial charge in [-0.1, -0.05) is 6.92 Å². The van der Waals surface area contributed by atoms with Crippen LogP contribution in [0.2, 0.25) is 0 Å². The summed E-state index contributed by atoms with van der Waals surface area (Å²) in [4.78, 5) is 3.68. The van der Waals surface area contributed by atoms with Gasteiger partial charge < -0.3 is 4.98 Å². The van der Waals surface area contributed by atoms with Crippen LogP contribution in [-0.2, 0) is 25.7 Å². The molecule has 0 amide bonds. The van der Waals surface area contributed by atoms with E-state index < -0.39 is 0 Å². The summed E-state index contributed by atoms with van der Waals surface area (Å²) in [6.07, 6.45) is 9.48. The smallest absolute Gasteiger partial charge is 0.0187 e. The van der Waals surface area contributed by atoms with Crippen molar-refractivity contribution in [3.05, 3.63) is 22.5 Å². The number of aromatic amines is 1. The second-order valence-corrected chi connectivity index (χ2v) is 5.09. The Bertz CT molecular complexity index is 348. The molecule has 0 radical (unpaired) electrons. The molecule has 1 aromatic heterocycles. The third kappa shape index (κ3) is 1.22. The second kappa shape index (κ2) is 3.15. The van der Waals surface area contributed by atoms with Crippen molar-refractivity contribution in [2.75, 3.05) is 0 Å². The number of hydrogen-bond donors (Lipinski definition) is 1. The van der Waals surface area contributed by atoms with Crippen LogP contribution in [0, 0.1) is 5.92 Å². The lowest BCUT2D eigenvalue weighted by atomic mass is 9.85. The monoisotopic (exact) mass is 189 g/mol. The van der Waals surface area contributed by atoms with Gasteiger partial charge in [0.1, 0.15) is 0 Å². The quantitative estimate of drug-likeness (QED) is 0.645. The molecule has 0 saturated heterocycles. The van der Waals surface area contributed by atoms with Crippen molar-refractivity contribution in [2.45, 2.75) is 51.9 Å². The molecule has 0 fully saturated rings. The van der Waals surface area contributed by atoms with Crippen molar-refractivity contribution < 1.29 is 0 Å². The number of aryl methyl sites for hydroxylation is 1. The summed E-state index contributed by atoms with van der Waals surface area (Å²) >= 11 is 0. The van der Waals surface area contributed by atoms with Crippen LogP contribution < -0.4 is 0 Å². The molecule has 1 atom stereocenters. The third-order valence-corrected chi connectivity index (χ3v) is 3.94. The Balaban J connectivity index is 2.04. The van der Waals surface area contributed by atoms with Gasteiger partial charge in [0.05, 0.1) is 0 Å². The van der Waals surface area contributed by atoms with Crippen LogP contribution in [0.3, 0.4) is 0 Å². The number of H-pyrrole nitrogens is 1. The first-order chi connectivity index (χ1) is 6.84. The van der Waals surface area contributed by atoms with Crippen LogP contribution in [0.5, 0.6) is 0 Å². The average Bonchev–Trinajstić information content (AvgIpc) is 2.54. The Morgan fingerprint density at radius 2 is 1.79 bits per heavy atom. The zero-order valence-electron chi connectivity index (χ0n) is 9.03. The molecule has 1 heterocycles. The zero-order chi connectivity index (χ0) is 9.54. The zero-order valence-corrected chi connectivity index (χ0v) is 9.03. The molecule has 14 heavy (non-hydrogen) atoms. The molecule has 1 unspecified atom stereocenters. The highest BCUT2D eigenvalue weighted by Gasteiger charge is 2.23. The summed E-state index contributed by atoms with van der Waals surface area (Å²) in [5.74, 6) is 0.891. The summed E-state index contributed by atoms with van der Waals surface area (Å²) in [5.41, 5.74) is 6.57. The van der Waals surface area contributed by atoms with Gasteiger partial charge in [0.2, 0.25) is 0 Å². The molecule has 76 valence electrons. The lowest BCUT2D eigenvalue weighted by Gasteiger charge is -2.19. The molecular formula is C13H19N. The van der Waals surface area contributed by atoms with E-state index in [0.29, 0.717) is 0 Å². The van der Waals surface area contributed by atoms with Crippen molar-refractivity contribution in [1.82, 2.24) is 4.98 Å². The van der Waals surface area contributed by atoms with E-state index in [-0.39, 0.29) is 0 Å². The van der Waals surface area contributed by atoms with Gasteiger partial charge in [0.15, 0.2) is 0 Å². The molecule has 2 aliphatic rings. The minimum absolute atomic E-state index is 0.891. The number of hydrogen-bond acceptors (Lipinski definition) is 0. The van der Waals surface area contributed by atoms with Gasteiger partial charge >= 0.3 is 0 Å². The number of nitrogens with one attached hydrogen (secondary N) is 1. The first-order valence-electron chi connectivity index (χ1n) is 6.06. The minimum Gasteiger partial charge on any atom is -0.362 e.